The van der Waals surface area contributed by atoms with E-state index in [4.69, 9.17) is 23.1 Å². The Morgan fingerprint density at radius 1 is 0.846 bits per heavy atom. The molecule has 12 heteroatoms. The fourth-order valence-corrected chi connectivity index (χ4v) is 6.58. The predicted molar refractivity (Wildman–Crippen MR) is 154 cm³/mol. The van der Waals surface area contributed by atoms with Crippen LogP contribution >= 0.6 is 0 Å². The lowest BCUT2D eigenvalue weighted by atomic mass is 10.1. The maximum absolute atomic E-state index is 13.0. The van der Waals surface area contributed by atoms with Gasteiger partial charge in [-0.15, -0.1) is 0 Å². The van der Waals surface area contributed by atoms with Crippen LogP contribution in [0.1, 0.15) is 68.5 Å². The third-order valence-electron chi connectivity index (χ3n) is 8.31. The van der Waals surface area contributed by atoms with Crippen LogP contribution in [-0.4, -0.2) is 68.3 Å². The average Bonchev–Trinajstić information content (AvgIpc) is 3.44. The van der Waals surface area contributed by atoms with Gasteiger partial charge in [0.15, 0.2) is 29.0 Å². The fourth-order valence-electron chi connectivity index (χ4n) is 4.00. The maximum Gasteiger partial charge on any atom is 0.338 e. The van der Waals surface area contributed by atoms with Gasteiger partial charge in [-0.25, -0.2) is 9.59 Å². The molecule has 1 aromatic rings. The summed E-state index contributed by atoms with van der Waals surface area (Å²) < 4.78 is 33.3. The van der Waals surface area contributed by atoms with Crippen LogP contribution in [-0.2, 0) is 27.9 Å². The molecule has 2 aliphatic rings. The van der Waals surface area contributed by atoms with E-state index in [1.54, 1.807) is 20.8 Å². The summed E-state index contributed by atoms with van der Waals surface area (Å²) in [6.45, 7) is 26.8. The maximum atomic E-state index is 13.0. The normalized spacial score (nSPS) is 28.4. The molecule has 0 aliphatic carbocycles. The Hall–Kier alpha value is -1.58. The van der Waals surface area contributed by atoms with Gasteiger partial charge in [0.05, 0.1) is 0 Å². The largest absolute Gasteiger partial charge is 0.458 e. The molecule has 0 bridgehead atoms. The number of hydrogen-bond acceptors (Lipinski definition) is 8. The lowest BCUT2D eigenvalue weighted by Crippen LogP contribution is -2.54. The molecular weight excluding hydrogens is 536 g/mol. The van der Waals surface area contributed by atoms with Crippen LogP contribution < -0.4 is 11.2 Å². The Balaban J connectivity index is 2.10. The number of esters is 1. The first-order valence-corrected chi connectivity index (χ1v) is 19.5. The highest BCUT2D eigenvalue weighted by Gasteiger charge is 2.63. The molecule has 0 saturated carbocycles. The van der Waals surface area contributed by atoms with Gasteiger partial charge in [0.1, 0.15) is 30.0 Å². The molecule has 3 rings (SSSR count). The molecule has 0 aromatic carbocycles. The molecule has 2 aliphatic heterocycles. The molecule has 10 nitrogen and oxygen atoms in total. The number of ether oxygens (including phenoxy) is 3. The molecule has 6 atom stereocenters. The number of nitrogens with zero attached hydrogens (tertiary/aromatic N) is 1. The minimum absolute atomic E-state index is 0.124. The first-order chi connectivity index (χ1) is 17.5. The molecule has 222 valence electrons. The zero-order chi connectivity index (χ0) is 29.9. The van der Waals surface area contributed by atoms with Gasteiger partial charge in [0.25, 0.3) is 5.56 Å². The van der Waals surface area contributed by atoms with Crippen LogP contribution in [0, 0.1) is 0 Å². The summed E-state index contributed by atoms with van der Waals surface area (Å²) in [5.74, 6) is -0.464. The smallest absolute Gasteiger partial charge is 0.338 e. The Morgan fingerprint density at radius 3 is 1.82 bits per heavy atom. The van der Waals surface area contributed by atoms with Crippen molar-refractivity contribution in [3.05, 3.63) is 33.1 Å². The van der Waals surface area contributed by atoms with Crippen LogP contribution in [0.2, 0.25) is 36.3 Å². The SMILES string of the molecule is CC(C)(C)OC(=O)C1OC1[C@H]1O[C@@H](n2ccc(=O)[nH]c2=O)C(O[Si](C)(C)C(C)(C)C)C1O[Si](C)(C)C(C)(C)C. The van der Waals surface area contributed by atoms with Gasteiger partial charge in [-0.1, -0.05) is 41.5 Å². The van der Waals surface area contributed by atoms with Crippen LogP contribution in [0.5, 0.6) is 0 Å². The monoisotopic (exact) mass is 584 g/mol. The van der Waals surface area contributed by atoms with Crippen molar-refractivity contribution < 1.29 is 27.9 Å². The number of carbonyl (C=O) groups excluding carboxylic acids is 1. The number of H-pyrrole nitrogens is 1. The minimum Gasteiger partial charge on any atom is -0.458 e. The molecule has 4 unspecified atom stereocenters. The second kappa shape index (κ2) is 10.4. The second-order valence-corrected chi connectivity index (χ2v) is 24.3. The first-order valence-electron chi connectivity index (χ1n) is 13.7. The van der Waals surface area contributed by atoms with Crippen molar-refractivity contribution >= 4 is 22.6 Å². The highest BCUT2D eigenvalue weighted by Crippen LogP contribution is 2.48. The summed E-state index contributed by atoms with van der Waals surface area (Å²) in [7, 11) is -4.81. The summed E-state index contributed by atoms with van der Waals surface area (Å²) in [6.07, 6.45) is -2.91. The standard InChI is InChI=1S/C27H48N2O8Si2/c1-25(2,3)35-23(31)21-18(33-21)17-19(36-38(10,11)26(4,5)6)20(37-39(12,13)27(7,8)9)22(34-17)29-15-14-16(30)28-24(29)32/h14-15,17-22H,1-13H3,(H,28,30,32)/t17-,18?,19?,20?,21?,22-/m1/s1. The summed E-state index contributed by atoms with van der Waals surface area (Å²) in [5.41, 5.74) is -1.78. The highest BCUT2D eigenvalue weighted by atomic mass is 28.4. The Bertz CT molecular complexity index is 1170. The molecule has 2 fully saturated rings. The van der Waals surface area contributed by atoms with Gasteiger partial charge < -0.3 is 23.1 Å². The summed E-state index contributed by atoms with van der Waals surface area (Å²) in [5, 5.41) is -0.261. The number of aromatic nitrogens is 2. The van der Waals surface area contributed by atoms with E-state index in [0.29, 0.717) is 0 Å². The lowest BCUT2D eigenvalue weighted by Gasteiger charge is -2.44. The zero-order valence-electron chi connectivity index (χ0n) is 25.8. The van der Waals surface area contributed by atoms with Gasteiger partial charge in [-0.05, 0) is 57.0 Å². The van der Waals surface area contributed by atoms with E-state index in [-0.39, 0.29) is 10.1 Å². The van der Waals surface area contributed by atoms with Gasteiger partial charge in [0, 0.05) is 12.3 Å². The van der Waals surface area contributed by atoms with Crippen molar-refractivity contribution in [2.24, 2.45) is 0 Å². The summed E-state index contributed by atoms with van der Waals surface area (Å²) in [6, 6.07) is 1.28. The Morgan fingerprint density at radius 2 is 1.36 bits per heavy atom. The average molecular weight is 585 g/mol. The molecule has 0 spiro atoms. The van der Waals surface area contributed by atoms with Crippen molar-refractivity contribution in [2.75, 3.05) is 0 Å². The van der Waals surface area contributed by atoms with E-state index in [2.05, 4.69) is 72.7 Å². The lowest BCUT2D eigenvalue weighted by molar-refractivity contribution is -0.156. The minimum atomic E-state index is -2.41. The van der Waals surface area contributed by atoms with Crippen LogP contribution in [0.3, 0.4) is 0 Å². The molecule has 1 N–H and O–H groups in total. The van der Waals surface area contributed by atoms with E-state index in [1.807, 2.05) is 0 Å². The molecule has 0 amide bonds. The van der Waals surface area contributed by atoms with E-state index >= 15 is 0 Å². The number of rotatable bonds is 7. The molecule has 39 heavy (non-hydrogen) atoms. The van der Waals surface area contributed by atoms with E-state index in [9.17, 15) is 14.4 Å². The third-order valence-corrected chi connectivity index (χ3v) is 17.3. The number of nitrogens with one attached hydrogen (secondary N) is 1. The predicted octanol–water partition coefficient (Wildman–Crippen LogP) is 4.32. The van der Waals surface area contributed by atoms with E-state index in [0.717, 1.165) is 0 Å². The van der Waals surface area contributed by atoms with Crippen molar-refractivity contribution in [1.82, 2.24) is 9.55 Å². The Kier molecular flexibility index (Phi) is 8.49. The van der Waals surface area contributed by atoms with Crippen molar-refractivity contribution in [3.63, 3.8) is 0 Å². The van der Waals surface area contributed by atoms with Crippen LogP contribution in [0.15, 0.2) is 21.9 Å². The number of epoxide rings is 1. The molecule has 1 aromatic heterocycles. The van der Waals surface area contributed by atoms with Crippen molar-refractivity contribution in [1.29, 1.82) is 0 Å². The molecule has 2 saturated heterocycles. The van der Waals surface area contributed by atoms with E-state index < -0.39 is 76.2 Å². The number of hydrogen-bond donors (Lipinski definition) is 1. The quantitative estimate of drug-likeness (QED) is 0.286. The van der Waals surface area contributed by atoms with Gasteiger partial charge >= 0.3 is 11.7 Å². The van der Waals surface area contributed by atoms with Crippen LogP contribution in [0.4, 0.5) is 0 Å². The molecule has 0 radical (unpaired) electrons. The third kappa shape index (κ3) is 7.02. The molecular formula is C27H48N2O8Si2. The fraction of sp³-hybridized carbons (Fsp3) is 0.815. The molecule has 3 heterocycles. The number of aromatic amines is 1. The number of carbonyl (C=O) groups is 1. The zero-order valence-corrected chi connectivity index (χ0v) is 27.8. The topological polar surface area (TPSA) is 121 Å². The van der Waals surface area contributed by atoms with Crippen LogP contribution in [0.25, 0.3) is 0 Å². The van der Waals surface area contributed by atoms with Crippen molar-refractivity contribution in [2.45, 2.75) is 141 Å². The van der Waals surface area contributed by atoms with Gasteiger partial charge in [-0.2, -0.15) is 0 Å². The first kappa shape index (κ1) is 31.9. The second-order valence-electron chi connectivity index (χ2n) is 14.7. The van der Waals surface area contributed by atoms with Gasteiger partial charge in [0.2, 0.25) is 0 Å². The summed E-state index contributed by atoms with van der Waals surface area (Å²) in [4.78, 5) is 40.0. The summed E-state index contributed by atoms with van der Waals surface area (Å²) >= 11 is 0. The van der Waals surface area contributed by atoms with E-state index in [1.165, 1.54) is 16.8 Å². The Labute approximate surface area is 234 Å². The van der Waals surface area contributed by atoms with Crippen molar-refractivity contribution in [3.8, 4) is 0 Å². The highest BCUT2D eigenvalue weighted by molar-refractivity contribution is 6.74. The van der Waals surface area contributed by atoms with Gasteiger partial charge in [-0.3, -0.25) is 14.3 Å².